The van der Waals surface area contributed by atoms with Crippen molar-refractivity contribution in [2.45, 2.75) is 0 Å². The van der Waals surface area contributed by atoms with Crippen LogP contribution in [0.25, 0.3) is 10.9 Å². The Morgan fingerprint density at radius 3 is 3.00 bits per heavy atom. The molecular formula is C8H8ClN3O. The van der Waals surface area contributed by atoms with Gasteiger partial charge in [-0.05, 0) is 12.1 Å². The van der Waals surface area contributed by atoms with Crippen LogP contribution in [-0.4, -0.2) is 15.0 Å². The van der Waals surface area contributed by atoms with E-state index in [1.54, 1.807) is 16.8 Å². The Morgan fingerprint density at radius 1 is 1.54 bits per heavy atom. The predicted molar refractivity (Wildman–Crippen MR) is 51.1 cm³/mol. The third kappa shape index (κ3) is 1.34. The van der Waals surface area contributed by atoms with E-state index in [1.807, 2.05) is 18.7 Å². The molecule has 0 aliphatic rings. The van der Waals surface area contributed by atoms with Crippen molar-refractivity contribution in [2.75, 3.05) is 5.48 Å². The monoisotopic (exact) mass is 197 g/mol. The number of aryl methyl sites for hydroxylation is 1. The Labute approximate surface area is 79.7 Å². The van der Waals surface area contributed by atoms with Crippen molar-refractivity contribution < 1.29 is 5.21 Å². The van der Waals surface area contributed by atoms with Gasteiger partial charge in [-0.2, -0.15) is 5.10 Å². The summed E-state index contributed by atoms with van der Waals surface area (Å²) in [6.45, 7) is 0. The maximum atomic E-state index is 8.72. The number of hydrogen-bond acceptors (Lipinski definition) is 3. The molecule has 0 bridgehead atoms. The number of rotatable bonds is 1. The number of nitrogens with one attached hydrogen (secondary N) is 1. The lowest BCUT2D eigenvalue weighted by Crippen LogP contribution is -1.89. The average Bonchev–Trinajstić information content (AvgIpc) is 2.42. The largest absolute Gasteiger partial charge is 0.291 e. The van der Waals surface area contributed by atoms with E-state index in [2.05, 4.69) is 5.10 Å². The van der Waals surface area contributed by atoms with Crippen LogP contribution in [0.3, 0.4) is 0 Å². The van der Waals surface area contributed by atoms with Crippen molar-refractivity contribution in [1.82, 2.24) is 9.78 Å². The highest BCUT2D eigenvalue weighted by atomic mass is 35.5. The molecule has 0 spiro atoms. The quantitative estimate of drug-likeness (QED) is 0.688. The molecule has 1 heterocycles. The first kappa shape index (κ1) is 8.34. The number of benzene rings is 1. The third-order valence-corrected chi connectivity index (χ3v) is 2.14. The Balaban J connectivity index is 2.72. The van der Waals surface area contributed by atoms with E-state index in [4.69, 9.17) is 16.8 Å². The lowest BCUT2D eigenvalue weighted by atomic mass is 10.2. The van der Waals surface area contributed by atoms with Gasteiger partial charge in [0.25, 0.3) is 0 Å². The van der Waals surface area contributed by atoms with Gasteiger partial charge < -0.3 is 0 Å². The minimum absolute atomic E-state index is 0.453. The first-order valence-corrected chi connectivity index (χ1v) is 4.11. The van der Waals surface area contributed by atoms with Crippen molar-refractivity contribution in [3.05, 3.63) is 23.4 Å². The highest BCUT2D eigenvalue weighted by molar-refractivity contribution is 6.34. The van der Waals surface area contributed by atoms with Crippen LogP contribution in [-0.2, 0) is 7.05 Å². The highest BCUT2D eigenvalue weighted by Gasteiger charge is 2.04. The first-order chi connectivity index (χ1) is 6.20. The summed E-state index contributed by atoms with van der Waals surface area (Å²) in [5.74, 6) is 0. The molecule has 0 atom stereocenters. The standard InChI is InChI=1S/C8H8ClN3O/c1-12-4-5-2-8(11-13)6(9)3-7(5)10-12/h2-4,11,13H,1H3. The van der Waals surface area contributed by atoms with Crippen molar-refractivity contribution in [1.29, 1.82) is 0 Å². The maximum absolute atomic E-state index is 8.72. The first-order valence-electron chi connectivity index (χ1n) is 3.73. The second-order valence-electron chi connectivity index (χ2n) is 2.81. The SMILES string of the molecule is Cn1cc2cc(NO)c(Cl)cc2n1. The normalized spacial score (nSPS) is 10.7. The molecule has 0 aliphatic carbocycles. The summed E-state index contributed by atoms with van der Waals surface area (Å²) in [6, 6.07) is 3.44. The van der Waals surface area contributed by atoms with Crippen LogP contribution in [0.4, 0.5) is 5.69 Å². The van der Waals surface area contributed by atoms with E-state index in [1.165, 1.54) is 0 Å². The van der Waals surface area contributed by atoms with Gasteiger partial charge in [0, 0.05) is 18.6 Å². The summed E-state index contributed by atoms with van der Waals surface area (Å²) in [7, 11) is 1.83. The van der Waals surface area contributed by atoms with Gasteiger partial charge in [0.15, 0.2) is 0 Å². The minimum atomic E-state index is 0.453. The van der Waals surface area contributed by atoms with E-state index >= 15 is 0 Å². The fourth-order valence-corrected chi connectivity index (χ4v) is 1.46. The molecule has 5 heteroatoms. The minimum Gasteiger partial charge on any atom is -0.291 e. The Kier molecular flexibility index (Phi) is 1.86. The molecule has 2 aromatic rings. The van der Waals surface area contributed by atoms with Crippen LogP contribution >= 0.6 is 11.6 Å². The van der Waals surface area contributed by atoms with E-state index in [0.29, 0.717) is 10.7 Å². The molecule has 0 radical (unpaired) electrons. The van der Waals surface area contributed by atoms with Gasteiger partial charge in [-0.15, -0.1) is 0 Å². The van der Waals surface area contributed by atoms with Crippen LogP contribution in [0.1, 0.15) is 0 Å². The molecule has 0 aliphatic heterocycles. The van der Waals surface area contributed by atoms with Crippen LogP contribution in [0, 0.1) is 0 Å². The Bertz CT molecular complexity index is 452. The molecule has 0 fully saturated rings. The zero-order valence-electron chi connectivity index (χ0n) is 6.95. The second-order valence-corrected chi connectivity index (χ2v) is 3.21. The smallest absolute Gasteiger partial charge is 0.0939 e. The molecule has 13 heavy (non-hydrogen) atoms. The van der Waals surface area contributed by atoms with E-state index in [-0.39, 0.29) is 0 Å². The van der Waals surface area contributed by atoms with Gasteiger partial charge in [0.1, 0.15) is 0 Å². The number of aromatic nitrogens is 2. The molecule has 68 valence electrons. The molecule has 0 saturated carbocycles. The van der Waals surface area contributed by atoms with Gasteiger partial charge >= 0.3 is 0 Å². The van der Waals surface area contributed by atoms with Crippen LogP contribution in [0.5, 0.6) is 0 Å². The van der Waals surface area contributed by atoms with E-state index in [0.717, 1.165) is 10.9 Å². The molecule has 2 N–H and O–H groups in total. The zero-order chi connectivity index (χ0) is 9.42. The molecule has 0 saturated heterocycles. The number of fused-ring (bicyclic) bond motifs is 1. The summed E-state index contributed by atoms with van der Waals surface area (Å²) >= 11 is 5.84. The van der Waals surface area contributed by atoms with Crippen molar-refractivity contribution in [2.24, 2.45) is 7.05 Å². The average molecular weight is 198 g/mol. The molecule has 1 aromatic heterocycles. The summed E-state index contributed by atoms with van der Waals surface area (Å²) < 4.78 is 1.70. The van der Waals surface area contributed by atoms with Crippen LogP contribution < -0.4 is 5.48 Å². The third-order valence-electron chi connectivity index (χ3n) is 1.83. The van der Waals surface area contributed by atoms with Gasteiger partial charge in [-0.1, -0.05) is 11.6 Å². The summed E-state index contributed by atoms with van der Waals surface area (Å²) in [5, 5.41) is 14.3. The van der Waals surface area contributed by atoms with Crippen molar-refractivity contribution in [3.8, 4) is 0 Å². The molecule has 4 nitrogen and oxygen atoms in total. The summed E-state index contributed by atoms with van der Waals surface area (Å²) in [5.41, 5.74) is 3.33. The van der Waals surface area contributed by atoms with Gasteiger partial charge in [-0.3, -0.25) is 15.4 Å². The lowest BCUT2D eigenvalue weighted by Gasteiger charge is -2.00. The van der Waals surface area contributed by atoms with E-state index < -0.39 is 0 Å². The number of hydrogen-bond donors (Lipinski definition) is 2. The Morgan fingerprint density at radius 2 is 2.31 bits per heavy atom. The molecule has 0 unspecified atom stereocenters. The zero-order valence-corrected chi connectivity index (χ0v) is 7.71. The number of nitrogens with zero attached hydrogens (tertiary/aromatic N) is 2. The van der Waals surface area contributed by atoms with Gasteiger partial charge in [-0.25, -0.2) is 0 Å². The fraction of sp³-hybridized carbons (Fsp3) is 0.125. The van der Waals surface area contributed by atoms with Crippen molar-refractivity contribution in [3.63, 3.8) is 0 Å². The predicted octanol–water partition coefficient (Wildman–Crippen LogP) is 2.03. The molecule has 1 aromatic carbocycles. The molecule has 0 amide bonds. The van der Waals surface area contributed by atoms with E-state index in [9.17, 15) is 0 Å². The highest BCUT2D eigenvalue weighted by Crippen LogP contribution is 2.26. The topological polar surface area (TPSA) is 50.1 Å². The van der Waals surface area contributed by atoms with Gasteiger partial charge in [0.2, 0.25) is 0 Å². The summed E-state index contributed by atoms with van der Waals surface area (Å²) in [6.07, 6.45) is 1.85. The van der Waals surface area contributed by atoms with Crippen LogP contribution in [0.2, 0.25) is 5.02 Å². The number of anilines is 1. The summed E-state index contributed by atoms with van der Waals surface area (Å²) in [4.78, 5) is 0. The molecule has 2 rings (SSSR count). The number of halogens is 1. The van der Waals surface area contributed by atoms with Crippen molar-refractivity contribution >= 4 is 28.2 Å². The van der Waals surface area contributed by atoms with Crippen LogP contribution in [0.15, 0.2) is 18.3 Å². The second kappa shape index (κ2) is 2.90. The fourth-order valence-electron chi connectivity index (χ4n) is 1.26. The maximum Gasteiger partial charge on any atom is 0.0939 e. The van der Waals surface area contributed by atoms with Gasteiger partial charge in [0.05, 0.1) is 16.2 Å². The lowest BCUT2D eigenvalue weighted by molar-refractivity contribution is 0.389. The molecular weight excluding hydrogens is 190 g/mol. The Hall–Kier alpha value is -1.26.